The zero-order valence-electron chi connectivity index (χ0n) is 9.14. The molecule has 1 aliphatic heterocycles. The lowest BCUT2D eigenvalue weighted by Crippen LogP contribution is -2.42. The molecular formula is C11H12FN3S. The Morgan fingerprint density at radius 1 is 1.44 bits per heavy atom. The average Bonchev–Trinajstić information content (AvgIpc) is 2.35. The number of hydrazine groups is 1. The van der Waals surface area contributed by atoms with Crippen molar-refractivity contribution in [1.29, 1.82) is 0 Å². The molecule has 0 aliphatic carbocycles. The van der Waals surface area contributed by atoms with E-state index in [4.69, 9.17) is 12.2 Å². The molecule has 0 unspecified atom stereocenters. The first-order valence-corrected chi connectivity index (χ1v) is 5.30. The third kappa shape index (κ3) is 1.96. The molecule has 1 heterocycles. The normalized spacial score (nSPS) is 15.2. The first-order chi connectivity index (χ1) is 7.59. The predicted octanol–water partition coefficient (Wildman–Crippen LogP) is 1.87. The second kappa shape index (κ2) is 4.27. The molecule has 16 heavy (non-hydrogen) atoms. The molecule has 0 N–H and O–H groups in total. The Hall–Kier alpha value is -1.33. The van der Waals surface area contributed by atoms with Gasteiger partial charge in [-0.3, -0.25) is 10.0 Å². The summed E-state index contributed by atoms with van der Waals surface area (Å²) in [5, 5.41) is 3.73. The summed E-state index contributed by atoms with van der Waals surface area (Å²) >= 11 is 5.28. The van der Waals surface area contributed by atoms with E-state index in [0.29, 0.717) is 11.5 Å². The van der Waals surface area contributed by atoms with Crippen molar-refractivity contribution in [3.63, 3.8) is 0 Å². The van der Waals surface area contributed by atoms with Crippen LogP contribution in [0.5, 0.6) is 0 Å². The SMILES string of the molecule is CN(C)N1C(=S)CN=Cc2cc(F)ccc21. The van der Waals surface area contributed by atoms with Crippen LogP contribution in [0.1, 0.15) is 5.56 Å². The smallest absolute Gasteiger partial charge is 0.124 e. The number of benzodiazepines with no additional fused rings is 1. The van der Waals surface area contributed by atoms with E-state index in [1.807, 2.05) is 24.1 Å². The average molecular weight is 237 g/mol. The molecule has 1 aliphatic rings. The van der Waals surface area contributed by atoms with Crippen LogP contribution < -0.4 is 5.01 Å². The molecule has 0 spiro atoms. The fraction of sp³-hybridized carbons (Fsp3) is 0.273. The van der Waals surface area contributed by atoms with Gasteiger partial charge in [-0.15, -0.1) is 0 Å². The maximum Gasteiger partial charge on any atom is 0.124 e. The van der Waals surface area contributed by atoms with Gasteiger partial charge in [-0.05, 0) is 18.2 Å². The van der Waals surface area contributed by atoms with Crippen LogP contribution in [-0.2, 0) is 0 Å². The molecule has 84 valence electrons. The lowest BCUT2D eigenvalue weighted by atomic mass is 10.2. The van der Waals surface area contributed by atoms with Gasteiger partial charge < -0.3 is 0 Å². The monoisotopic (exact) mass is 237 g/mol. The molecule has 1 aromatic rings. The number of halogens is 1. The number of thiocarbonyl (C=S) groups is 1. The lowest BCUT2D eigenvalue weighted by molar-refractivity contribution is 0.430. The maximum atomic E-state index is 13.1. The van der Waals surface area contributed by atoms with Crippen molar-refractivity contribution in [1.82, 2.24) is 5.01 Å². The van der Waals surface area contributed by atoms with E-state index < -0.39 is 0 Å². The number of hydrogen-bond donors (Lipinski definition) is 0. The van der Waals surface area contributed by atoms with Crippen LogP contribution in [0.25, 0.3) is 0 Å². The van der Waals surface area contributed by atoms with Crippen LogP contribution >= 0.6 is 12.2 Å². The van der Waals surface area contributed by atoms with Crippen LogP contribution in [0.3, 0.4) is 0 Å². The number of rotatable bonds is 1. The van der Waals surface area contributed by atoms with Gasteiger partial charge in [0, 0.05) is 25.9 Å². The minimum absolute atomic E-state index is 0.267. The minimum Gasteiger partial charge on any atom is -0.285 e. The summed E-state index contributed by atoms with van der Waals surface area (Å²) in [6.45, 7) is 0.448. The fourth-order valence-electron chi connectivity index (χ4n) is 1.68. The van der Waals surface area contributed by atoms with Gasteiger partial charge >= 0.3 is 0 Å². The summed E-state index contributed by atoms with van der Waals surface area (Å²) in [4.78, 5) is 4.87. The minimum atomic E-state index is -0.267. The zero-order valence-corrected chi connectivity index (χ0v) is 9.96. The van der Waals surface area contributed by atoms with Crippen LogP contribution in [0.4, 0.5) is 10.1 Å². The van der Waals surface area contributed by atoms with Crippen molar-refractivity contribution >= 4 is 29.1 Å². The topological polar surface area (TPSA) is 18.8 Å². The summed E-state index contributed by atoms with van der Waals surface area (Å²) in [6.07, 6.45) is 1.66. The Morgan fingerprint density at radius 2 is 2.19 bits per heavy atom. The molecule has 2 rings (SSSR count). The van der Waals surface area contributed by atoms with E-state index in [0.717, 1.165) is 11.3 Å². The van der Waals surface area contributed by atoms with Gasteiger partial charge in [0.1, 0.15) is 10.8 Å². The van der Waals surface area contributed by atoms with E-state index in [-0.39, 0.29) is 5.82 Å². The Kier molecular flexibility index (Phi) is 2.98. The molecule has 0 amide bonds. The molecule has 0 bridgehead atoms. The van der Waals surface area contributed by atoms with Crippen molar-refractivity contribution in [3.05, 3.63) is 29.6 Å². The molecule has 0 aromatic heterocycles. The summed E-state index contributed by atoms with van der Waals surface area (Å²) in [5.41, 5.74) is 1.60. The Morgan fingerprint density at radius 3 is 2.88 bits per heavy atom. The number of nitrogens with zero attached hydrogens (tertiary/aromatic N) is 3. The lowest BCUT2D eigenvalue weighted by Gasteiger charge is -2.30. The van der Waals surface area contributed by atoms with Gasteiger partial charge in [-0.25, -0.2) is 9.40 Å². The first kappa shape index (κ1) is 11.2. The number of benzene rings is 1. The zero-order chi connectivity index (χ0) is 11.7. The third-order valence-electron chi connectivity index (χ3n) is 2.31. The number of aliphatic imine (C=N–C) groups is 1. The van der Waals surface area contributed by atoms with Crippen LogP contribution in [0.2, 0.25) is 0 Å². The molecule has 0 radical (unpaired) electrons. The molecular weight excluding hydrogens is 225 g/mol. The maximum absolute atomic E-state index is 13.1. The highest BCUT2D eigenvalue weighted by Crippen LogP contribution is 2.23. The molecule has 0 atom stereocenters. The number of anilines is 1. The Bertz CT molecular complexity index is 457. The van der Waals surface area contributed by atoms with E-state index in [1.54, 1.807) is 12.3 Å². The van der Waals surface area contributed by atoms with Gasteiger partial charge in [0.15, 0.2) is 0 Å². The molecule has 0 saturated carbocycles. The third-order valence-corrected chi connectivity index (χ3v) is 2.61. The highest BCUT2D eigenvalue weighted by Gasteiger charge is 2.19. The summed E-state index contributed by atoms with van der Waals surface area (Å²) in [5.74, 6) is -0.267. The summed E-state index contributed by atoms with van der Waals surface area (Å²) < 4.78 is 13.1. The van der Waals surface area contributed by atoms with Crippen molar-refractivity contribution in [2.75, 3.05) is 25.6 Å². The van der Waals surface area contributed by atoms with Crippen LogP contribution in [0.15, 0.2) is 23.2 Å². The van der Waals surface area contributed by atoms with E-state index in [9.17, 15) is 4.39 Å². The van der Waals surface area contributed by atoms with Crippen molar-refractivity contribution in [2.45, 2.75) is 0 Å². The van der Waals surface area contributed by atoms with Gasteiger partial charge in [0.05, 0.1) is 12.2 Å². The van der Waals surface area contributed by atoms with Gasteiger partial charge in [-0.1, -0.05) is 12.2 Å². The van der Waals surface area contributed by atoms with E-state index in [2.05, 4.69) is 4.99 Å². The quantitative estimate of drug-likeness (QED) is 0.695. The largest absolute Gasteiger partial charge is 0.285 e. The van der Waals surface area contributed by atoms with E-state index >= 15 is 0 Å². The highest BCUT2D eigenvalue weighted by atomic mass is 32.1. The van der Waals surface area contributed by atoms with Crippen molar-refractivity contribution < 1.29 is 4.39 Å². The summed E-state index contributed by atoms with van der Waals surface area (Å²) in [6, 6.07) is 4.61. The molecule has 0 saturated heterocycles. The molecule has 3 nitrogen and oxygen atoms in total. The van der Waals surface area contributed by atoms with E-state index in [1.165, 1.54) is 12.1 Å². The number of fused-ring (bicyclic) bond motifs is 1. The first-order valence-electron chi connectivity index (χ1n) is 4.89. The van der Waals surface area contributed by atoms with Crippen molar-refractivity contribution in [2.24, 2.45) is 4.99 Å². The number of hydrogen-bond acceptors (Lipinski definition) is 3. The molecule has 5 heteroatoms. The van der Waals surface area contributed by atoms with Gasteiger partial charge in [0.2, 0.25) is 0 Å². The summed E-state index contributed by atoms with van der Waals surface area (Å²) in [7, 11) is 3.79. The van der Waals surface area contributed by atoms with Gasteiger partial charge in [0.25, 0.3) is 0 Å². The molecule has 1 aromatic carbocycles. The highest BCUT2D eigenvalue weighted by molar-refractivity contribution is 7.80. The standard InChI is InChI=1S/C11H12FN3S/c1-14(2)15-10-4-3-9(12)5-8(10)6-13-7-11(15)16/h3-6H,7H2,1-2H3. The predicted molar refractivity (Wildman–Crippen MR) is 67.6 cm³/mol. The second-order valence-electron chi connectivity index (χ2n) is 3.73. The van der Waals surface area contributed by atoms with Crippen LogP contribution in [0, 0.1) is 5.82 Å². The van der Waals surface area contributed by atoms with Gasteiger partial charge in [-0.2, -0.15) is 0 Å². The fourth-order valence-corrected chi connectivity index (χ4v) is 2.02. The Balaban J connectivity index is 2.55. The second-order valence-corrected chi connectivity index (χ2v) is 4.20. The van der Waals surface area contributed by atoms with Crippen LogP contribution in [-0.4, -0.2) is 36.9 Å². The van der Waals surface area contributed by atoms with Crippen molar-refractivity contribution in [3.8, 4) is 0 Å². The molecule has 0 fully saturated rings. The Labute approximate surface area is 99.2 Å².